The number of anilines is 1. The molecule has 14 heavy (non-hydrogen) atoms. The molecule has 0 aromatic heterocycles. The Morgan fingerprint density at radius 3 is 2.93 bits per heavy atom. The second-order valence-corrected chi connectivity index (χ2v) is 3.45. The number of nitrogens with zero attached hydrogens (tertiary/aromatic N) is 1. The van der Waals surface area contributed by atoms with E-state index in [4.69, 9.17) is 15.7 Å². The molecule has 0 saturated heterocycles. The maximum atomic E-state index is 8.83. The SMILES string of the molecule is CC(C)COc1cc[c]c(N)c1C#N. The fourth-order valence-electron chi connectivity index (χ4n) is 0.987. The van der Waals surface area contributed by atoms with Crippen LogP contribution in [0, 0.1) is 23.3 Å². The highest BCUT2D eigenvalue weighted by Crippen LogP contribution is 2.23. The summed E-state index contributed by atoms with van der Waals surface area (Å²) in [5.41, 5.74) is 6.29. The summed E-state index contributed by atoms with van der Waals surface area (Å²) < 4.78 is 5.45. The minimum atomic E-state index is 0.341. The monoisotopic (exact) mass is 189 g/mol. The molecule has 0 aliphatic rings. The zero-order chi connectivity index (χ0) is 10.6. The third kappa shape index (κ3) is 2.40. The second kappa shape index (κ2) is 4.52. The third-order valence-electron chi connectivity index (χ3n) is 1.67. The number of nitriles is 1. The maximum absolute atomic E-state index is 8.83. The van der Waals surface area contributed by atoms with Crippen LogP contribution in [0.3, 0.4) is 0 Å². The first-order valence-electron chi connectivity index (χ1n) is 4.48. The molecular formula is C11H13N2O. The van der Waals surface area contributed by atoms with Crippen molar-refractivity contribution >= 4 is 5.69 Å². The van der Waals surface area contributed by atoms with Crippen LogP contribution >= 0.6 is 0 Å². The Balaban J connectivity index is 2.87. The maximum Gasteiger partial charge on any atom is 0.139 e. The molecule has 0 fully saturated rings. The lowest BCUT2D eigenvalue weighted by molar-refractivity contribution is 0.270. The molecule has 3 nitrogen and oxygen atoms in total. The van der Waals surface area contributed by atoms with Crippen LogP contribution in [0.2, 0.25) is 0 Å². The van der Waals surface area contributed by atoms with E-state index in [-0.39, 0.29) is 0 Å². The summed E-state index contributed by atoms with van der Waals surface area (Å²) in [4.78, 5) is 0. The number of ether oxygens (including phenoxy) is 1. The molecule has 0 spiro atoms. The van der Waals surface area contributed by atoms with Crippen LogP contribution in [0.5, 0.6) is 5.75 Å². The van der Waals surface area contributed by atoms with Crippen LogP contribution in [-0.4, -0.2) is 6.61 Å². The summed E-state index contributed by atoms with van der Waals surface area (Å²) in [5.74, 6) is 0.962. The van der Waals surface area contributed by atoms with E-state index in [9.17, 15) is 0 Å². The van der Waals surface area contributed by atoms with Crippen molar-refractivity contribution in [3.05, 3.63) is 23.8 Å². The van der Waals surface area contributed by atoms with E-state index in [1.807, 2.05) is 19.9 Å². The highest BCUT2D eigenvalue weighted by molar-refractivity contribution is 5.60. The minimum absolute atomic E-state index is 0.341. The van der Waals surface area contributed by atoms with Gasteiger partial charge in [0.1, 0.15) is 17.4 Å². The molecule has 1 radical (unpaired) electrons. The van der Waals surface area contributed by atoms with Gasteiger partial charge in [0.15, 0.2) is 0 Å². The van der Waals surface area contributed by atoms with Crippen LogP contribution in [0.15, 0.2) is 12.1 Å². The molecule has 0 aliphatic heterocycles. The predicted octanol–water partition coefficient (Wildman–Crippen LogP) is 1.98. The number of nitrogen functional groups attached to an aromatic ring is 1. The van der Waals surface area contributed by atoms with Gasteiger partial charge >= 0.3 is 0 Å². The van der Waals surface area contributed by atoms with Crippen LogP contribution in [0.4, 0.5) is 5.69 Å². The van der Waals surface area contributed by atoms with Crippen molar-refractivity contribution in [3.63, 3.8) is 0 Å². The van der Waals surface area contributed by atoms with E-state index < -0.39 is 0 Å². The van der Waals surface area contributed by atoms with Crippen molar-refractivity contribution in [2.24, 2.45) is 5.92 Å². The molecular weight excluding hydrogens is 176 g/mol. The Hall–Kier alpha value is -1.69. The zero-order valence-electron chi connectivity index (χ0n) is 8.37. The number of benzene rings is 1. The summed E-state index contributed by atoms with van der Waals surface area (Å²) in [5, 5.41) is 8.83. The van der Waals surface area contributed by atoms with Crippen molar-refractivity contribution in [2.75, 3.05) is 12.3 Å². The lowest BCUT2D eigenvalue weighted by atomic mass is 10.2. The molecule has 2 N–H and O–H groups in total. The molecule has 0 atom stereocenters. The van der Waals surface area contributed by atoms with Gasteiger partial charge in [0, 0.05) is 6.07 Å². The Bertz CT molecular complexity index is 353. The Morgan fingerprint density at radius 1 is 1.64 bits per heavy atom. The van der Waals surface area contributed by atoms with Gasteiger partial charge in [0.05, 0.1) is 12.3 Å². The van der Waals surface area contributed by atoms with Gasteiger partial charge in [-0.25, -0.2) is 0 Å². The van der Waals surface area contributed by atoms with Crippen molar-refractivity contribution in [3.8, 4) is 11.8 Å². The van der Waals surface area contributed by atoms with Gasteiger partial charge in [-0.3, -0.25) is 0 Å². The van der Waals surface area contributed by atoms with Crippen molar-refractivity contribution in [2.45, 2.75) is 13.8 Å². The van der Waals surface area contributed by atoms with Gasteiger partial charge in [-0.2, -0.15) is 5.26 Å². The number of hydrogen-bond donors (Lipinski definition) is 1. The van der Waals surface area contributed by atoms with E-state index >= 15 is 0 Å². The van der Waals surface area contributed by atoms with Crippen molar-refractivity contribution in [1.82, 2.24) is 0 Å². The summed E-state index contributed by atoms with van der Waals surface area (Å²) in [7, 11) is 0. The molecule has 73 valence electrons. The van der Waals surface area contributed by atoms with Gasteiger partial charge in [0.2, 0.25) is 0 Å². The molecule has 1 aromatic rings. The molecule has 3 heteroatoms. The van der Waals surface area contributed by atoms with Crippen LogP contribution < -0.4 is 10.5 Å². The van der Waals surface area contributed by atoms with Crippen LogP contribution in [0.1, 0.15) is 19.4 Å². The number of nitrogens with two attached hydrogens (primary N) is 1. The number of hydrogen-bond acceptors (Lipinski definition) is 3. The summed E-state index contributed by atoms with van der Waals surface area (Å²) in [6.45, 7) is 4.67. The fourth-order valence-corrected chi connectivity index (χ4v) is 0.987. The van der Waals surface area contributed by atoms with E-state index in [1.54, 1.807) is 12.1 Å². The van der Waals surface area contributed by atoms with Gasteiger partial charge in [0.25, 0.3) is 0 Å². The Morgan fingerprint density at radius 2 is 2.36 bits per heavy atom. The third-order valence-corrected chi connectivity index (χ3v) is 1.67. The molecule has 0 unspecified atom stereocenters. The average Bonchev–Trinajstić information content (AvgIpc) is 2.14. The standard InChI is InChI=1S/C11H13N2O/c1-8(2)7-14-11-5-3-4-10(13)9(11)6-12/h3,5,8H,7,13H2,1-2H3. The average molecular weight is 189 g/mol. The molecule has 0 amide bonds. The predicted molar refractivity (Wildman–Crippen MR) is 54.7 cm³/mol. The van der Waals surface area contributed by atoms with Gasteiger partial charge < -0.3 is 10.5 Å². The van der Waals surface area contributed by atoms with Crippen molar-refractivity contribution < 1.29 is 4.74 Å². The molecule has 1 aromatic carbocycles. The van der Waals surface area contributed by atoms with Gasteiger partial charge in [-0.15, -0.1) is 0 Å². The molecule has 0 aliphatic carbocycles. The summed E-state index contributed by atoms with van der Waals surface area (Å²) >= 11 is 0. The van der Waals surface area contributed by atoms with Crippen molar-refractivity contribution in [1.29, 1.82) is 5.26 Å². The molecule has 0 saturated carbocycles. The first kappa shape index (κ1) is 10.4. The highest BCUT2D eigenvalue weighted by Gasteiger charge is 2.07. The van der Waals surface area contributed by atoms with E-state index in [0.29, 0.717) is 29.5 Å². The minimum Gasteiger partial charge on any atom is -0.492 e. The normalized spacial score (nSPS) is 9.86. The van der Waals surface area contributed by atoms with E-state index in [1.165, 1.54) is 0 Å². The molecule has 0 heterocycles. The smallest absolute Gasteiger partial charge is 0.139 e. The fraction of sp³-hybridized carbons (Fsp3) is 0.364. The summed E-state index contributed by atoms with van der Waals surface area (Å²) in [6.07, 6.45) is 0. The van der Waals surface area contributed by atoms with Gasteiger partial charge in [-0.05, 0) is 18.1 Å². The van der Waals surface area contributed by atoms with Gasteiger partial charge in [-0.1, -0.05) is 13.8 Å². The lowest BCUT2D eigenvalue weighted by Crippen LogP contribution is -2.06. The van der Waals surface area contributed by atoms with E-state index in [0.717, 1.165) is 0 Å². The first-order chi connectivity index (χ1) is 6.65. The molecule has 1 rings (SSSR count). The van der Waals surface area contributed by atoms with Crippen LogP contribution in [-0.2, 0) is 0 Å². The Kier molecular flexibility index (Phi) is 3.35. The second-order valence-electron chi connectivity index (χ2n) is 3.45. The number of rotatable bonds is 3. The summed E-state index contributed by atoms with van der Waals surface area (Å²) in [6, 6.07) is 8.12. The highest BCUT2D eigenvalue weighted by atomic mass is 16.5. The van der Waals surface area contributed by atoms with E-state index in [2.05, 4.69) is 6.07 Å². The van der Waals surface area contributed by atoms with Crippen LogP contribution in [0.25, 0.3) is 0 Å². The molecule has 0 bridgehead atoms. The zero-order valence-corrected chi connectivity index (χ0v) is 8.37. The lowest BCUT2D eigenvalue weighted by Gasteiger charge is -2.10. The Labute approximate surface area is 84.1 Å². The largest absolute Gasteiger partial charge is 0.492 e. The quantitative estimate of drug-likeness (QED) is 0.739. The first-order valence-corrected chi connectivity index (χ1v) is 4.48. The topological polar surface area (TPSA) is 59.0 Å².